The van der Waals surface area contributed by atoms with Gasteiger partial charge in [0, 0.05) is 32.7 Å². The Morgan fingerprint density at radius 2 is 1.65 bits per heavy atom. The number of anilines is 2. The van der Waals surface area contributed by atoms with Crippen LogP contribution in [0.4, 0.5) is 11.5 Å². The van der Waals surface area contributed by atoms with E-state index in [4.69, 9.17) is 0 Å². The minimum Gasteiger partial charge on any atom is -0.357 e. The van der Waals surface area contributed by atoms with Gasteiger partial charge in [0.05, 0.1) is 16.8 Å². The van der Waals surface area contributed by atoms with Crippen molar-refractivity contribution in [1.82, 2.24) is 9.29 Å². The molecular formula is C18H24N4O3S. The first kappa shape index (κ1) is 19.9. The van der Waals surface area contributed by atoms with Gasteiger partial charge in [0.2, 0.25) is 10.0 Å². The van der Waals surface area contributed by atoms with Crippen molar-refractivity contribution in [3.8, 4) is 0 Å². The summed E-state index contributed by atoms with van der Waals surface area (Å²) in [7, 11) is -0.583. The summed E-state index contributed by atoms with van der Waals surface area (Å²) in [5.74, 6) is 0.530. The lowest BCUT2D eigenvalue weighted by Gasteiger charge is -2.19. The summed E-state index contributed by atoms with van der Waals surface area (Å²) in [4.78, 5) is 18.9. The van der Waals surface area contributed by atoms with Crippen LogP contribution in [-0.2, 0) is 10.0 Å². The van der Waals surface area contributed by atoms with Crippen LogP contribution >= 0.6 is 0 Å². The summed E-state index contributed by atoms with van der Waals surface area (Å²) >= 11 is 0. The third-order valence-corrected chi connectivity index (χ3v) is 5.82. The summed E-state index contributed by atoms with van der Waals surface area (Å²) in [5, 5.41) is 2.76. The summed E-state index contributed by atoms with van der Waals surface area (Å²) in [6.07, 6.45) is 1.61. The average molecular weight is 376 g/mol. The van der Waals surface area contributed by atoms with Gasteiger partial charge in [0.25, 0.3) is 5.91 Å². The van der Waals surface area contributed by atoms with E-state index in [1.54, 1.807) is 12.3 Å². The van der Waals surface area contributed by atoms with Gasteiger partial charge in [-0.2, -0.15) is 0 Å². The summed E-state index contributed by atoms with van der Waals surface area (Å²) < 4.78 is 25.2. The third-order valence-electron chi connectivity index (χ3n) is 3.99. The van der Waals surface area contributed by atoms with Gasteiger partial charge in [-0.05, 0) is 50.2 Å². The molecule has 0 bridgehead atoms. The van der Waals surface area contributed by atoms with Crippen molar-refractivity contribution in [3.63, 3.8) is 0 Å². The van der Waals surface area contributed by atoms with Gasteiger partial charge in [0.15, 0.2) is 0 Å². The van der Waals surface area contributed by atoms with Gasteiger partial charge in [-0.3, -0.25) is 4.79 Å². The number of hydrogen-bond donors (Lipinski definition) is 1. The molecule has 8 heteroatoms. The van der Waals surface area contributed by atoms with E-state index in [2.05, 4.69) is 29.0 Å². The number of nitrogens with one attached hydrogen (secondary N) is 1. The zero-order valence-electron chi connectivity index (χ0n) is 15.4. The lowest BCUT2D eigenvalue weighted by atomic mass is 10.2. The van der Waals surface area contributed by atoms with E-state index in [9.17, 15) is 13.2 Å². The van der Waals surface area contributed by atoms with Crippen LogP contribution in [0.1, 0.15) is 24.2 Å². The van der Waals surface area contributed by atoms with Crippen molar-refractivity contribution in [2.24, 2.45) is 0 Å². The van der Waals surface area contributed by atoms with E-state index < -0.39 is 10.0 Å². The van der Waals surface area contributed by atoms with E-state index in [1.165, 1.54) is 38.4 Å². The van der Waals surface area contributed by atoms with Gasteiger partial charge < -0.3 is 10.2 Å². The molecule has 0 aliphatic carbocycles. The molecule has 1 aromatic heterocycles. The predicted octanol–water partition coefficient (Wildman–Crippen LogP) is 2.43. The van der Waals surface area contributed by atoms with Crippen molar-refractivity contribution < 1.29 is 13.2 Å². The number of sulfonamides is 1. The Labute approximate surface area is 154 Å². The third kappa shape index (κ3) is 4.39. The fraction of sp³-hybridized carbons (Fsp3) is 0.333. The van der Waals surface area contributed by atoms with Gasteiger partial charge in [-0.25, -0.2) is 17.7 Å². The van der Waals surface area contributed by atoms with Crippen LogP contribution in [-0.4, -0.2) is 50.8 Å². The molecule has 1 N–H and O–H groups in total. The minimum absolute atomic E-state index is 0.143. The smallest absolute Gasteiger partial charge is 0.255 e. The zero-order valence-corrected chi connectivity index (χ0v) is 16.2. The Balaban J connectivity index is 2.10. The molecule has 0 aliphatic heterocycles. The van der Waals surface area contributed by atoms with Gasteiger partial charge >= 0.3 is 0 Å². The first-order valence-electron chi connectivity index (χ1n) is 8.34. The number of carbonyl (C=O) groups excluding carboxylic acids is 1. The highest BCUT2D eigenvalue weighted by Crippen LogP contribution is 2.17. The molecule has 0 spiro atoms. The number of pyridine rings is 1. The van der Waals surface area contributed by atoms with Gasteiger partial charge in [-0.1, -0.05) is 0 Å². The maximum Gasteiger partial charge on any atom is 0.255 e. The largest absolute Gasteiger partial charge is 0.357 e. The second-order valence-corrected chi connectivity index (χ2v) is 8.00. The highest BCUT2D eigenvalue weighted by atomic mass is 32.2. The van der Waals surface area contributed by atoms with Crippen LogP contribution in [0.2, 0.25) is 0 Å². The Bertz CT molecular complexity index is 843. The van der Waals surface area contributed by atoms with E-state index >= 15 is 0 Å². The summed E-state index contributed by atoms with van der Waals surface area (Å²) in [6.45, 7) is 5.83. The van der Waals surface area contributed by atoms with Crippen LogP contribution < -0.4 is 10.2 Å². The molecule has 2 aromatic rings. The van der Waals surface area contributed by atoms with Crippen LogP contribution in [0.3, 0.4) is 0 Å². The molecule has 0 atom stereocenters. The maximum atomic E-state index is 12.3. The van der Waals surface area contributed by atoms with Crippen LogP contribution in [0.15, 0.2) is 47.5 Å². The molecule has 1 amide bonds. The number of amides is 1. The molecular weight excluding hydrogens is 352 g/mol. The Kier molecular flexibility index (Phi) is 6.33. The number of carbonyl (C=O) groups is 1. The first-order valence-corrected chi connectivity index (χ1v) is 9.78. The number of rotatable bonds is 7. The summed E-state index contributed by atoms with van der Waals surface area (Å²) in [6, 6.07) is 9.48. The molecule has 0 radical (unpaired) electrons. The number of hydrogen-bond acceptors (Lipinski definition) is 5. The number of aromatic nitrogens is 1. The van der Waals surface area contributed by atoms with Gasteiger partial charge in [-0.15, -0.1) is 0 Å². The van der Waals surface area contributed by atoms with E-state index in [-0.39, 0.29) is 10.8 Å². The highest BCUT2D eigenvalue weighted by Gasteiger charge is 2.17. The molecule has 1 heterocycles. The monoisotopic (exact) mass is 376 g/mol. The Morgan fingerprint density at radius 1 is 1.04 bits per heavy atom. The van der Waals surface area contributed by atoms with Crippen molar-refractivity contribution >= 4 is 27.4 Å². The van der Waals surface area contributed by atoms with Crippen molar-refractivity contribution in [2.75, 3.05) is 37.4 Å². The predicted molar refractivity (Wildman–Crippen MR) is 103 cm³/mol. The standard InChI is InChI=1S/C18H24N4O3S/c1-5-22(6-2)17-12-9-15(13-19-17)20-18(23)14-7-10-16(11-8-14)26(24,25)21(3)4/h7-13H,5-6H2,1-4H3,(H,20,23). The molecule has 140 valence electrons. The Morgan fingerprint density at radius 3 is 2.12 bits per heavy atom. The second-order valence-electron chi connectivity index (χ2n) is 5.84. The van der Waals surface area contributed by atoms with Gasteiger partial charge in [0.1, 0.15) is 5.82 Å². The lowest BCUT2D eigenvalue weighted by molar-refractivity contribution is 0.102. The van der Waals surface area contributed by atoms with Crippen molar-refractivity contribution in [2.45, 2.75) is 18.7 Å². The number of benzene rings is 1. The van der Waals surface area contributed by atoms with Crippen LogP contribution in [0.25, 0.3) is 0 Å². The fourth-order valence-corrected chi connectivity index (χ4v) is 3.29. The van der Waals surface area contributed by atoms with E-state index in [0.29, 0.717) is 11.3 Å². The quantitative estimate of drug-likeness (QED) is 0.802. The lowest BCUT2D eigenvalue weighted by Crippen LogP contribution is -2.23. The summed E-state index contributed by atoms with van der Waals surface area (Å²) in [5.41, 5.74) is 0.950. The van der Waals surface area contributed by atoms with Crippen molar-refractivity contribution in [1.29, 1.82) is 0 Å². The molecule has 1 aromatic carbocycles. The SMILES string of the molecule is CCN(CC)c1ccc(NC(=O)c2ccc(S(=O)(=O)N(C)C)cc2)cn1. The van der Waals surface area contributed by atoms with Crippen LogP contribution in [0, 0.1) is 0 Å². The van der Waals surface area contributed by atoms with Crippen LogP contribution in [0.5, 0.6) is 0 Å². The molecule has 2 rings (SSSR count). The Hall–Kier alpha value is -2.45. The topological polar surface area (TPSA) is 82.6 Å². The fourth-order valence-electron chi connectivity index (χ4n) is 2.39. The number of nitrogens with zero attached hydrogens (tertiary/aromatic N) is 3. The molecule has 0 saturated heterocycles. The minimum atomic E-state index is -3.51. The molecule has 0 saturated carbocycles. The zero-order chi connectivity index (χ0) is 19.3. The molecule has 26 heavy (non-hydrogen) atoms. The molecule has 0 unspecified atom stereocenters. The van der Waals surface area contributed by atoms with E-state index in [1.807, 2.05) is 6.07 Å². The maximum absolute atomic E-state index is 12.3. The van der Waals surface area contributed by atoms with E-state index in [0.717, 1.165) is 23.2 Å². The second kappa shape index (κ2) is 8.29. The highest BCUT2D eigenvalue weighted by molar-refractivity contribution is 7.89. The average Bonchev–Trinajstić information content (AvgIpc) is 2.64. The normalized spacial score (nSPS) is 11.4. The first-order chi connectivity index (χ1) is 12.3. The van der Waals surface area contributed by atoms with Crippen molar-refractivity contribution in [3.05, 3.63) is 48.2 Å². The molecule has 7 nitrogen and oxygen atoms in total. The molecule has 0 fully saturated rings. The molecule has 0 aliphatic rings.